The summed E-state index contributed by atoms with van der Waals surface area (Å²) in [6, 6.07) is 1.19. The van der Waals surface area contributed by atoms with Crippen molar-refractivity contribution >= 4 is 10.0 Å². The standard InChI is InChI=1S/C12H15F3N2O2S/c13-8-6-10(14)12(11(15)7-8)20(18,19)17-5-1-4-16-9-2-3-9/h6-7,9,16-17H,1-5H2. The van der Waals surface area contributed by atoms with Crippen molar-refractivity contribution in [2.45, 2.75) is 30.2 Å². The Bertz CT molecular complexity index is 565. The molecule has 0 heterocycles. The SMILES string of the molecule is O=S(=O)(NCCCNC1CC1)c1c(F)cc(F)cc1F. The molecule has 1 aliphatic rings. The van der Waals surface area contributed by atoms with Crippen molar-refractivity contribution in [3.63, 3.8) is 0 Å². The first-order valence-corrected chi connectivity index (χ1v) is 7.76. The highest BCUT2D eigenvalue weighted by molar-refractivity contribution is 7.89. The zero-order valence-corrected chi connectivity index (χ0v) is 11.4. The van der Waals surface area contributed by atoms with Crippen LogP contribution in [0.4, 0.5) is 13.2 Å². The van der Waals surface area contributed by atoms with Crippen LogP contribution in [0.3, 0.4) is 0 Å². The second-order valence-electron chi connectivity index (χ2n) is 4.68. The second kappa shape index (κ2) is 6.11. The Labute approximate surface area is 115 Å². The molecule has 0 aromatic heterocycles. The van der Waals surface area contributed by atoms with Gasteiger partial charge in [0.25, 0.3) is 0 Å². The smallest absolute Gasteiger partial charge is 0.246 e. The maximum Gasteiger partial charge on any atom is 0.246 e. The van der Waals surface area contributed by atoms with Gasteiger partial charge in [0, 0.05) is 24.7 Å². The van der Waals surface area contributed by atoms with Crippen LogP contribution in [-0.2, 0) is 10.0 Å². The quantitative estimate of drug-likeness (QED) is 0.751. The van der Waals surface area contributed by atoms with Gasteiger partial charge in [-0.1, -0.05) is 0 Å². The lowest BCUT2D eigenvalue weighted by Crippen LogP contribution is -2.29. The average molecular weight is 308 g/mol. The summed E-state index contributed by atoms with van der Waals surface area (Å²) in [6.45, 7) is 0.680. The first-order chi connectivity index (χ1) is 9.40. The maximum atomic E-state index is 13.4. The Balaban J connectivity index is 1.95. The minimum Gasteiger partial charge on any atom is -0.314 e. The lowest BCUT2D eigenvalue weighted by Gasteiger charge is -2.09. The van der Waals surface area contributed by atoms with E-state index < -0.39 is 32.4 Å². The Morgan fingerprint density at radius 3 is 2.25 bits per heavy atom. The van der Waals surface area contributed by atoms with Crippen molar-refractivity contribution < 1.29 is 21.6 Å². The van der Waals surface area contributed by atoms with Crippen LogP contribution in [0.25, 0.3) is 0 Å². The predicted molar refractivity (Wildman–Crippen MR) is 67.1 cm³/mol. The highest BCUT2D eigenvalue weighted by Gasteiger charge is 2.25. The van der Waals surface area contributed by atoms with E-state index in [1.54, 1.807) is 0 Å². The molecule has 0 spiro atoms. The number of nitrogens with one attached hydrogen (secondary N) is 2. The summed E-state index contributed by atoms with van der Waals surface area (Å²) in [5.41, 5.74) is 0. The Morgan fingerprint density at radius 2 is 1.70 bits per heavy atom. The van der Waals surface area contributed by atoms with Gasteiger partial charge in [-0.2, -0.15) is 0 Å². The van der Waals surface area contributed by atoms with Gasteiger partial charge in [-0.25, -0.2) is 26.3 Å². The minimum atomic E-state index is -4.32. The molecule has 2 N–H and O–H groups in total. The van der Waals surface area contributed by atoms with Crippen molar-refractivity contribution in [3.05, 3.63) is 29.6 Å². The largest absolute Gasteiger partial charge is 0.314 e. The molecule has 1 aromatic carbocycles. The van der Waals surface area contributed by atoms with Crippen LogP contribution in [0.2, 0.25) is 0 Å². The molecular formula is C12H15F3N2O2S. The molecule has 0 atom stereocenters. The Hall–Kier alpha value is -1.12. The monoisotopic (exact) mass is 308 g/mol. The summed E-state index contributed by atoms with van der Waals surface area (Å²) in [4.78, 5) is -1.14. The van der Waals surface area contributed by atoms with E-state index in [9.17, 15) is 21.6 Å². The van der Waals surface area contributed by atoms with E-state index in [4.69, 9.17) is 0 Å². The van der Waals surface area contributed by atoms with Crippen molar-refractivity contribution in [1.82, 2.24) is 10.0 Å². The molecule has 0 saturated heterocycles. The fourth-order valence-corrected chi connectivity index (χ4v) is 2.94. The molecular weight excluding hydrogens is 293 g/mol. The van der Waals surface area contributed by atoms with Crippen LogP contribution in [0.5, 0.6) is 0 Å². The third kappa shape index (κ3) is 3.94. The Morgan fingerprint density at radius 1 is 1.10 bits per heavy atom. The van der Waals surface area contributed by atoms with E-state index in [2.05, 4.69) is 10.0 Å². The van der Waals surface area contributed by atoms with Gasteiger partial charge < -0.3 is 5.32 Å². The molecule has 1 aliphatic carbocycles. The van der Waals surface area contributed by atoms with Crippen LogP contribution in [0.1, 0.15) is 19.3 Å². The molecule has 1 fully saturated rings. The normalized spacial score (nSPS) is 15.6. The molecule has 2 rings (SSSR count). The van der Waals surface area contributed by atoms with E-state index in [1.165, 1.54) is 0 Å². The summed E-state index contributed by atoms with van der Waals surface area (Å²) in [7, 11) is -4.32. The first-order valence-electron chi connectivity index (χ1n) is 6.28. The van der Waals surface area contributed by atoms with Crippen LogP contribution in [0, 0.1) is 17.5 Å². The summed E-state index contributed by atoms with van der Waals surface area (Å²) < 4.78 is 65.1. The number of benzene rings is 1. The molecule has 0 amide bonds. The zero-order chi connectivity index (χ0) is 14.8. The van der Waals surface area contributed by atoms with Gasteiger partial charge in [0.15, 0.2) is 4.90 Å². The molecule has 4 nitrogen and oxygen atoms in total. The second-order valence-corrected chi connectivity index (χ2v) is 6.38. The molecule has 8 heteroatoms. The highest BCUT2D eigenvalue weighted by Crippen LogP contribution is 2.20. The van der Waals surface area contributed by atoms with Gasteiger partial charge >= 0.3 is 0 Å². The third-order valence-electron chi connectivity index (χ3n) is 2.89. The van der Waals surface area contributed by atoms with Gasteiger partial charge in [0.05, 0.1) is 0 Å². The fourth-order valence-electron chi connectivity index (χ4n) is 1.75. The van der Waals surface area contributed by atoms with E-state index in [-0.39, 0.29) is 6.54 Å². The maximum absolute atomic E-state index is 13.4. The summed E-state index contributed by atoms with van der Waals surface area (Å²) in [5.74, 6) is -4.04. The van der Waals surface area contributed by atoms with Crippen LogP contribution < -0.4 is 10.0 Å². The summed E-state index contributed by atoms with van der Waals surface area (Å²) >= 11 is 0. The van der Waals surface area contributed by atoms with Gasteiger partial charge in [0.2, 0.25) is 10.0 Å². The lowest BCUT2D eigenvalue weighted by atomic mass is 10.3. The molecule has 0 unspecified atom stereocenters. The van der Waals surface area contributed by atoms with Crippen molar-refractivity contribution in [1.29, 1.82) is 0 Å². The molecule has 112 valence electrons. The first kappa shape index (κ1) is 15.3. The summed E-state index contributed by atoms with van der Waals surface area (Å²) in [6.07, 6.45) is 2.75. The molecule has 0 radical (unpaired) electrons. The highest BCUT2D eigenvalue weighted by atomic mass is 32.2. The summed E-state index contributed by atoms with van der Waals surface area (Å²) in [5, 5.41) is 3.18. The van der Waals surface area contributed by atoms with Crippen molar-refractivity contribution in [2.75, 3.05) is 13.1 Å². The number of rotatable bonds is 7. The van der Waals surface area contributed by atoms with Gasteiger partial charge in [-0.3, -0.25) is 0 Å². The molecule has 20 heavy (non-hydrogen) atoms. The van der Waals surface area contributed by atoms with Crippen LogP contribution >= 0.6 is 0 Å². The van der Waals surface area contributed by atoms with E-state index in [0.29, 0.717) is 31.1 Å². The average Bonchev–Trinajstić information content (AvgIpc) is 3.10. The third-order valence-corrected chi connectivity index (χ3v) is 4.40. The molecule has 0 aliphatic heterocycles. The minimum absolute atomic E-state index is 0.0539. The number of halogens is 3. The topological polar surface area (TPSA) is 58.2 Å². The van der Waals surface area contributed by atoms with Crippen LogP contribution in [0.15, 0.2) is 17.0 Å². The molecule has 1 saturated carbocycles. The number of sulfonamides is 1. The van der Waals surface area contributed by atoms with E-state index in [0.717, 1.165) is 12.8 Å². The molecule has 1 aromatic rings. The Kier molecular flexibility index (Phi) is 4.66. The van der Waals surface area contributed by atoms with Crippen molar-refractivity contribution in [3.8, 4) is 0 Å². The van der Waals surface area contributed by atoms with Crippen LogP contribution in [-0.4, -0.2) is 27.5 Å². The van der Waals surface area contributed by atoms with Gasteiger partial charge in [-0.05, 0) is 25.8 Å². The fraction of sp³-hybridized carbons (Fsp3) is 0.500. The van der Waals surface area contributed by atoms with Crippen molar-refractivity contribution in [2.24, 2.45) is 0 Å². The number of hydrogen-bond donors (Lipinski definition) is 2. The van der Waals surface area contributed by atoms with E-state index in [1.807, 2.05) is 0 Å². The van der Waals surface area contributed by atoms with Gasteiger partial charge in [-0.15, -0.1) is 0 Å². The molecule has 0 bridgehead atoms. The zero-order valence-electron chi connectivity index (χ0n) is 10.6. The van der Waals surface area contributed by atoms with Gasteiger partial charge in [0.1, 0.15) is 17.5 Å². The number of hydrogen-bond acceptors (Lipinski definition) is 3. The predicted octanol–water partition coefficient (Wildman–Crippen LogP) is 1.52. The lowest BCUT2D eigenvalue weighted by molar-refractivity contribution is 0.493. The van der Waals surface area contributed by atoms with E-state index >= 15 is 0 Å².